The molecular weight excluding hydrogens is 312 g/mol. The second-order valence-electron chi connectivity index (χ2n) is 3.81. The molecular formula is C12H11BrN4O2. The smallest absolute Gasteiger partial charge is 0.267 e. The summed E-state index contributed by atoms with van der Waals surface area (Å²) in [6.45, 7) is -0.184. The molecule has 3 N–H and O–H groups in total. The van der Waals surface area contributed by atoms with Gasteiger partial charge < -0.3 is 11.1 Å². The highest BCUT2D eigenvalue weighted by molar-refractivity contribution is 9.10. The molecule has 1 heterocycles. The first-order chi connectivity index (χ1) is 9.04. The van der Waals surface area contributed by atoms with Gasteiger partial charge in [-0.3, -0.25) is 9.59 Å². The molecule has 98 valence electrons. The van der Waals surface area contributed by atoms with Gasteiger partial charge in [0.15, 0.2) is 0 Å². The number of halogens is 1. The lowest BCUT2D eigenvalue weighted by molar-refractivity contribution is -0.117. The standard InChI is InChI=1S/C12H11BrN4O2/c13-8-2-1-3-9(6-8)15-11(18)7-17-12(19)5-4-10(14)16-17/h1-6H,7H2,(H2,14,16)(H,15,18). The van der Waals surface area contributed by atoms with E-state index in [1.54, 1.807) is 18.2 Å². The van der Waals surface area contributed by atoms with Gasteiger partial charge in [-0.2, -0.15) is 5.10 Å². The van der Waals surface area contributed by atoms with Gasteiger partial charge in [0.2, 0.25) is 5.91 Å². The number of nitrogens with one attached hydrogen (secondary N) is 1. The molecule has 2 rings (SSSR count). The van der Waals surface area contributed by atoms with E-state index in [4.69, 9.17) is 5.73 Å². The molecule has 0 saturated carbocycles. The fraction of sp³-hybridized carbons (Fsp3) is 0.0833. The lowest BCUT2D eigenvalue weighted by Crippen LogP contribution is -2.29. The summed E-state index contributed by atoms with van der Waals surface area (Å²) in [4.78, 5) is 23.3. The summed E-state index contributed by atoms with van der Waals surface area (Å²) in [5.74, 6) is -0.159. The van der Waals surface area contributed by atoms with Gasteiger partial charge in [0.25, 0.3) is 5.56 Å². The van der Waals surface area contributed by atoms with Crippen LogP contribution in [0.1, 0.15) is 0 Å². The average Bonchev–Trinajstić information content (AvgIpc) is 2.34. The number of rotatable bonds is 3. The molecule has 6 nitrogen and oxygen atoms in total. The maximum absolute atomic E-state index is 11.8. The van der Waals surface area contributed by atoms with Crippen LogP contribution in [0, 0.1) is 0 Å². The van der Waals surface area contributed by atoms with E-state index in [-0.39, 0.29) is 23.8 Å². The molecule has 7 heteroatoms. The largest absolute Gasteiger partial charge is 0.382 e. The van der Waals surface area contributed by atoms with Crippen LogP contribution < -0.4 is 16.6 Å². The van der Waals surface area contributed by atoms with Crippen LogP contribution in [0.25, 0.3) is 0 Å². The van der Waals surface area contributed by atoms with Crippen molar-refractivity contribution in [1.29, 1.82) is 0 Å². The second-order valence-corrected chi connectivity index (χ2v) is 4.73. The van der Waals surface area contributed by atoms with E-state index in [1.165, 1.54) is 12.1 Å². The van der Waals surface area contributed by atoms with Crippen LogP contribution in [0.3, 0.4) is 0 Å². The van der Waals surface area contributed by atoms with Gasteiger partial charge in [-0.05, 0) is 24.3 Å². The summed E-state index contributed by atoms with van der Waals surface area (Å²) in [7, 11) is 0. The molecule has 0 aliphatic rings. The van der Waals surface area contributed by atoms with E-state index in [1.807, 2.05) is 6.07 Å². The number of carbonyl (C=O) groups excluding carboxylic acids is 1. The van der Waals surface area contributed by atoms with Crippen LogP contribution >= 0.6 is 15.9 Å². The number of nitrogens with two attached hydrogens (primary N) is 1. The Morgan fingerprint density at radius 1 is 1.37 bits per heavy atom. The van der Waals surface area contributed by atoms with Crippen molar-refractivity contribution in [2.75, 3.05) is 11.1 Å². The molecule has 1 amide bonds. The van der Waals surface area contributed by atoms with Crippen LogP contribution in [-0.2, 0) is 11.3 Å². The van der Waals surface area contributed by atoms with Crippen LogP contribution in [-0.4, -0.2) is 15.7 Å². The van der Waals surface area contributed by atoms with Gasteiger partial charge in [-0.25, -0.2) is 4.68 Å². The normalized spacial score (nSPS) is 10.2. The predicted molar refractivity (Wildman–Crippen MR) is 75.7 cm³/mol. The van der Waals surface area contributed by atoms with Crippen molar-refractivity contribution < 1.29 is 4.79 Å². The van der Waals surface area contributed by atoms with Gasteiger partial charge >= 0.3 is 0 Å². The first-order valence-electron chi connectivity index (χ1n) is 5.43. The molecule has 0 bridgehead atoms. The molecule has 1 aromatic heterocycles. The second kappa shape index (κ2) is 5.66. The fourth-order valence-corrected chi connectivity index (χ4v) is 1.88. The van der Waals surface area contributed by atoms with Crippen LogP contribution in [0.4, 0.5) is 11.5 Å². The monoisotopic (exact) mass is 322 g/mol. The van der Waals surface area contributed by atoms with Gasteiger partial charge in [-0.15, -0.1) is 0 Å². The third kappa shape index (κ3) is 3.65. The first-order valence-corrected chi connectivity index (χ1v) is 6.23. The van der Waals surface area contributed by atoms with Gasteiger partial charge in [0, 0.05) is 16.2 Å². The van der Waals surface area contributed by atoms with E-state index >= 15 is 0 Å². The molecule has 0 aliphatic heterocycles. The highest BCUT2D eigenvalue weighted by atomic mass is 79.9. The highest BCUT2D eigenvalue weighted by Crippen LogP contribution is 2.15. The molecule has 0 saturated heterocycles. The number of benzene rings is 1. The summed E-state index contributed by atoms with van der Waals surface area (Å²) in [6.07, 6.45) is 0. The zero-order valence-corrected chi connectivity index (χ0v) is 11.4. The minimum Gasteiger partial charge on any atom is -0.382 e. The number of hydrogen-bond donors (Lipinski definition) is 2. The maximum Gasteiger partial charge on any atom is 0.267 e. The SMILES string of the molecule is Nc1ccc(=O)n(CC(=O)Nc2cccc(Br)c2)n1. The molecule has 2 aromatic rings. The molecule has 0 aliphatic carbocycles. The number of anilines is 2. The third-order valence-corrected chi connectivity index (χ3v) is 2.78. The fourth-order valence-electron chi connectivity index (χ4n) is 1.48. The Morgan fingerprint density at radius 3 is 2.89 bits per heavy atom. The molecule has 0 unspecified atom stereocenters. The quantitative estimate of drug-likeness (QED) is 0.889. The number of carbonyl (C=O) groups is 1. The van der Waals surface area contributed by atoms with Gasteiger partial charge in [-0.1, -0.05) is 22.0 Å². The molecule has 1 aromatic carbocycles. The molecule has 0 radical (unpaired) electrons. The van der Waals surface area contributed by atoms with Crippen molar-refractivity contribution in [3.63, 3.8) is 0 Å². The van der Waals surface area contributed by atoms with Crippen molar-refractivity contribution in [3.05, 3.63) is 51.2 Å². The average molecular weight is 323 g/mol. The Morgan fingerprint density at radius 2 is 2.16 bits per heavy atom. The van der Waals surface area contributed by atoms with E-state index < -0.39 is 0 Å². The van der Waals surface area contributed by atoms with Gasteiger partial charge in [0.1, 0.15) is 12.4 Å². The number of hydrogen-bond acceptors (Lipinski definition) is 4. The zero-order chi connectivity index (χ0) is 13.8. The summed E-state index contributed by atoms with van der Waals surface area (Å²) in [5, 5.41) is 6.45. The Bertz CT molecular complexity index is 669. The number of nitrogens with zero attached hydrogens (tertiary/aromatic N) is 2. The topological polar surface area (TPSA) is 90.0 Å². The molecule has 19 heavy (non-hydrogen) atoms. The Balaban J connectivity index is 2.09. The molecule has 0 spiro atoms. The maximum atomic E-state index is 11.8. The molecule has 0 atom stereocenters. The summed E-state index contributed by atoms with van der Waals surface area (Å²) in [5.41, 5.74) is 5.73. The predicted octanol–water partition coefficient (Wildman–Crippen LogP) is 1.23. The lowest BCUT2D eigenvalue weighted by Gasteiger charge is -2.07. The molecule has 0 fully saturated rings. The number of nitrogen functional groups attached to an aromatic ring is 1. The summed E-state index contributed by atoms with van der Waals surface area (Å²) < 4.78 is 1.87. The Labute approximate surface area is 117 Å². The minimum atomic E-state index is -0.376. The first kappa shape index (κ1) is 13.3. The highest BCUT2D eigenvalue weighted by Gasteiger charge is 2.06. The van der Waals surface area contributed by atoms with Crippen molar-refractivity contribution in [2.45, 2.75) is 6.54 Å². The summed E-state index contributed by atoms with van der Waals surface area (Å²) in [6, 6.07) is 9.82. The zero-order valence-electron chi connectivity index (χ0n) is 9.84. The van der Waals surface area contributed by atoms with E-state index in [9.17, 15) is 9.59 Å². The van der Waals surface area contributed by atoms with Crippen LogP contribution in [0.2, 0.25) is 0 Å². The number of aromatic nitrogens is 2. The van der Waals surface area contributed by atoms with E-state index in [0.717, 1.165) is 9.15 Å². The van der Waals surface area contributed by atoms with E-state index in [2.05, 4.69) is 26.3 Å². The van der Waals surface area contributed by atoms with E-state index in [0.29, 0.717) is 5.69 Å². The van der Waals surface area contributed by atoms with Crippen LogP contribution in [0.15, 0.2) is 45.7 Å². The van der Waals surface area contributed by atoms with Crippen molar-refractivity contribution in [1.82, 2.24) is 9.78 Å². The third-order valence-electron chi connectivity index (χ3n) is 2.29. The van der Waals surface area contributed by atoms with Crippen LogP contribution in [0.5, 0.6) is 0 Å². The van der Waals surface area contributed by atoms with Crippen molar-refractivity contribution >= 4 is 33.3 Å². The number of amides is 1. The lowest BCUT2D eigenvalue weighted by atomic mass is 10.3. The summed E-state index contributed by atoms with van der Waals surface area (Å²) >= 11 is 3.30. The van der Waals surface area contributed by atoms with Crippen molar-refractivity contribution in [3.8, 4) is 0 Å². The van der Waals surface area contributed by atoms with Crippen molar-refractivity contribution in [2.24, 2.45) is 0 Å². The minimum absolute atomic E-state index is 0.184. The Kier molecular flexibility index (Phi) is 3.96. The van der Waals surface area contributed by atoms with Gasteiger partial charge in [0.05, 0.1) is 0 Å². The Hall–Kier alpha value is -2.15.